The van der Waals surface area contributed by atoms with Crippen molar-refractivity contribution in [3.8, 4) is 11.4 Å². The Hall–Kier alpha value is -2.39. The van der Waals surface area contributed by atoms with Gasteiger partial charge >= 0.3 is 0 Å². The van der Waals surface area contributed by atoms with E-state index in [1.807, 2.05) is 30.1 Å². The third-order valence-electron chi connectivity index (χ3n) is 6.09. The maximum absolute atomic E-state index is 13.5. The Labute approximate surface area is 177 Å². The minimum absolute atomic E-state index is 0.178. The van der Waals surface area contributed by atoms with E-state index in [1.165, 1.54) is 12.5 Å². The summed E-state index contributed by atoms with van der Waals surface area (Å²) in [5.74, 6) is 1.38. The largest absolute Gasteiger partial charge is 0.305 e. The summed E-state index contributed by atoms with van der Waals surface area (Å²) in [6, 6.07) is 5.65. The Balaban J connectivity index is 1.13. The molecule has 1 aromatic carbocycles. The van der Waals surface area contributed by atoms with Crippen molar-refractivity contribution >= 4 is 11.8 Å². The molecule has 5 rings (SSSR count). The first kappa shape index (κ1) is 19.6. The number of hydrogen-bond acceptors (Lipinski definition) is 6. The van der Waals surface area contributed by atoms with Crippen molar-refractivity contribution in [1.29, 1.82) is 0 Å². The van der Waals surface area contributed by atoms with Crippen LogP contribution in [0.3, 0.4) is 0 Å². The van der Waals surface area contributed by atoms with Crippen molar-refractivity contribution < 1.29 is 8.78 Å². The van der Waals surface area contributed by atoms with E-state index in [2.05, 4.69) is 25.1 Å². The van der Waals surface area contributed by atoms with Crippen molar-refractivity contribution in [2.75, 3.05) is 25.4 Å². The smallest absolute Gasteiger partial charge is 0.191 e. The highest BCUT2D eigenvalue weighted by Gasteiger charge is 2.62. The maximum atomic E-state index is 13.5. The predicted octanol–water partition coefficient (Wildman–Crippen LogP) is 3.31. The van der Waals surface area contributed by atoms with Crippen LogP contribution in [0.5, 0.6) is 0 Å². The third kappa shape index (κ3) is 3.50. The Kier molecular flexibility index (Phi) is 5.02. The molecule has 0 bridgehead atoms. The monoisotopic (exact) mass is 428 g/mol. The van der Waals surface area contributed by atoms with Crippen LogP contribution in [0.1, 0.15) is 18.7 Å². The van der Waals surface area contributed by atoms with Crippen molar-refractivity contribution in [1.82, 2.24) is 29.6 Å². The molecule has 0 radical (unpaired) electrons. The molecule has 0 unspecified atom stereocenters. The summed E-state index contributed by atoms with van der Waals surface area (Å²) in [6.45, 7) is 3.19. The van der Waals surface area contributed by atoms with Gasteiger partial charge in [-0.3, -0.25) is 0 Å². The maximum Gasteiger partial charge on any atom is 0.191 e. The van der Waals surface area contributed by atoms with Crippen LogP contribution >= 0.6 is 11.8 Å². The Morgan fingerprint density at radius 2 is 2.00 bits per heavy atom. The van der Waals surface area contributed by atoms with E-state index in [0.717, 1.165) is 54.9 Å². The molecular weight excluding hydrogens is 406 g/mol. The van der Waals surface area contributed by atoms with E-state index >= 15 is 0 Å². The second-order valence-electron chi connectivity index (χ2n) is 8.06. The van der Waals surface area contributed by atoms with E-state index in [0.29, 0.717) is 17.3 Å². The summed E-state index contributed by atoms with van der Waals surface area (Å²) in [6.07, 6.45) is 5.91. The van der Waals surface area contributed by atoms with Gasteiger partial charge in [0.2, 0.25) is 0 Å². The molecule has 2 atom stereocenters. The van der Waals surface area contributed by atoms with E-state index in [-0.39, 0.29) is 5.41 Å². The van der Waals surface area contributed by atoms with Gasteiger partial charge in [0.05, 0.1) is 0 Å². The minimum atomic E-state index is -0.882. The molecule has 0 N–H and O–H groups in total. The second kappa shape index (κ2) is 7.70. The van der Waals surface area contributed by atoms with E-state index in [9.17, 15) is 8.78 Å². The number of thioether (sulfide) groups is 1. The zero-order valence-corrected chi connectivity index (χ0v) is 17.4. The van der Waals surface area contributed by atoms with Crippen molar-refractivity contribution in [2.45, 2.75) is 23.4 Å². The molecule has 3 aromatic rings. The molecule has 0 spiro atoms. The average molecular weight is 429 g/mol. The van der Waals surface area contributed by atoms with Gasteiger partial charge in [-0.15, -0.1) is 10.2 Å². The molecule has 30 heavy (non-hydrogen) atoms. The van der Waals surface area contributed by atoms with Gasteiger partial charge in [-0.25, -0.2) is 18.7 Å². The highest BCUT2D eigenvalue weighted by Crippen LogP contribution is 2.57. The molecule has 2 aliphatic rings. The number of piperidine rings is 1. The minimum Gasteiger partial charge on any atom is -0.305 e. The lowest BCUT2D eigenvalue weighted by Crippen LogP contribution is -2.28. The van der Waals surface area contributed by atoms with Crippen LogP contribution in [0.4, 0.5) is 8.78 Å². The van der Waals surface area contributed by atoms with Crippen molar-refractivity contribution in [3.63, 3.8) is 0 Å². The molecule has 6 nitrogen and oxygen atoms in total. The van der Waals surface area contributed by atoms with E-state index in [1.54, 1.807) is 11.8 Å². The zero-order chi connectivity index (χ0) is 20.7. The van der Waals surface area contributed by atoms with Gasteiger partial charge in [0, 0.05) is 49.3 Å². The predicted molar refractivity (Wildman–Crippen MR) is 110 cm³/mol. The molecule has 2 fully saturated rings. The van der Waals surface area contributed by atoms with Crippen LogP contribution in [-0.4, -0.2) is 55.0 Å². The average Bonchev–Trinajstić information content (AvgIpc) is 3.14. The fourth-order valence-corrected chi connectivity index (χ4v) is 5.27. The van der Waals surface area contributed by atoms with Crippen molar-refractivity contribution in [3.05, 3.63) is 54.1 Å². The molecule has 0 amide bonds. The number of hydrogen-bond donors (Lipinski definition) is 0. The Bertz CT molecular complexity index is 1060. The lowest BCUT2D eigenvalue weighted by molar-refractivity contribution is 0.297. The summed E-state index contributed by atoms with van der Waals surface area (Å²) in [5, 5.41) is 9.13. The summed E-state index contributed by atoms with van der Waals surface area (Å²) < 4.78 is 28.5. The molecule has 1 aliphatic heterocycles. The Morgan fingerprint density at radius 1 is 1.17 bits per heavy atom. The van der Waals surface area contributed by atoms with Crippen LogP contribution < -0.4 is 0 Å². The first-order valence-corrected chi connectivity index (χ1v) is 11.0. The summed E-state index contributed by atoms with van der Waals surface area (Å²) in [4.78, 5) is 11.5. The van der Waals surface area contributed by atoms with Gasteiger partial charge in [-0.1, -0.05) is 11.8 Å². The molecule has 9 heteroatoms. The van der Waals surface area contributed by atoms with Gasteiger partial charge in [0.1, 0.15) is 5.82 Å². The number of rotatable bonds is 7. The molecule has 1 saturated heterocycles. The normalized spacial score (nSPS) is 23.0. The van der Waals surface area contributed by atoms with Crippen LogP contribution in [0.25, 0.3) is 11.4 Å². The van der Waals surface area contributed by atoms with Gasteiger partial charge in [0.25, 0.3) is 0 Å². The quantitative estimate of drug-likeness (QED) is 0.425. The van der Waals surface area contributed by atoms with Gasteiger partial charge in [0.15, 0.2) is 22.6 Å². The fraction of sp³-hybridized carbons (Fsp3) is 0.429. The number of nitrogens with zero attached hydrogens (tertiary/aromatic N) is 6. The SMILES string of the molecule is Cn1c(SCCCN2C[C@H]3C[C@@]3(c3ncccn3)C2)nnc1-c1ccc(F)c(F)c1. The first-order valence-electron chi connectivity index (χ1n) is 10.0. The molecular formula is C21H22F2N6S. The third-order valence-corrected chi connectivity index (χ3v) is 7.20. The molecule has 2 aromatic heterocycles. The molecule has 1 aliphatic carbocycles. The van der Waals surface area contributed by atoms with Crippen LogP contribution in [0.2, 0.25) is 0 Å². The summed E-state index contributed by atoms with van der Waals surface area (Å²) in [5.41, 5.74) is 0.692. The van der Waals surface area contributed by atoms with Crippen LogP contribution in [-0.2, 0) is 12.5 Å². The lowest BCUT2D eigenvalue weighted by Gasteiger charge is -2.19. The van der Waals surface area contributed by atoms with Gasteiger partial charge in [-0.05, 0) is 49.6 Å². The number of aromatic nitrogens is 5. The first-order chi connectivity index (χ1) is 14.6. The van der Waals surface area contributed by atoms with Gasteiger partial charge in [-0.2, -0.15) is 0 Å². The van der Waals surface area contributed by atoms with Gasteiger partial charge < -0.3 is 9.47 Å². The number of benzene rings is 1. The number of halogens is 2. The van der Waals surface area contributed by atoms with Crippen molar-refractivity contribution in [2.24, 2.45) is 13.0 Å². The van der Waals surface area contributed by atoms with Crippen LogP contribution in [0.15, 0.2) is 41.8 Å². The molecule has 156 valence electrons. The molecule has 3 heterocycles. The number of likely N-dealkylation sites (tertiary alicyclic amines) is 1. The second-order valence-corrected chi connectivity index (χ2v) is 9.12. The van der Waals surface area contributed by atoms with E-state index in [4.69, 9.17) is 0 Å². The lowest BCUT2D eigenvalue weighted by atomic mass is 10.1. The fourth-order valence-electron chi connectivity index (χ4n) is 4.44. The summed E-state index contributed by atoms with van der Waals surface area (Å²) in [7, 11) is 1.84. The van der Waals surface area contributed by atoms with Crippen LogP contribution in [0, 0.1) is 17.6 Å². The topological polar surface area (TPSA) is 59.7 Å². The number of fused-ring (bicyclic) bond motifs is 1. The standard InChI is InChI=1S/C21H22F2N6S/c1-28-18(14-4-5-16(22)17(23)10-14)26-27-20(28)30-9-3-8-29-12-15-11-21(15,13-29)19-24-6-2-7-25-19/h2,4-7,10,15H,3,8-9,11-13H2,1H3/t15-,21-/m1/s1. The summed E-state index contributed by atoms with van der Waals surface area (Å²) >= 11 is 1.63. The zero-order valence-electron chi connectivity index (χ0n) is 16.6. The molecule has 1 saturated carbocycles. The highest BCUT2D eigenvalue weighted by molar-refractivity contribution is 7.99. The Morgan fingerprint density at radius 3 is 2.80 bits per heavy atom. The van der Waals surface area contributed by atoms with E-state index < -0.39 is 11.6 Å². The highest BCUT2D eigenvalue weighted by atomic mass is 32.2.